The van der Waals surface area contributed by atoms with Gasteiger partial charge in [0.25, 0.3) is 5.91 Å². The minimum Gasteiger partial charge on any atom is -0.492 e. The fourth-order valence-corrected chi connectivity index (χ4v) is 4.87. The number of nitrogens with zero attached hydrogens (tertiary/aromatic N) is 4. The SMILES string of the molecule is CCOc1cccc2sc(N(CCCn3ccnc3)C(=O)c3ccc(Oc4ccccc4)cc3)nc12. The maximum Gasteiger partial charge on any atom is 0.260 e. The summed E-state index contributed by atoms with van der Waals surface area (Å²) in [6, 6.07) is 22.6. The van der Waals surface area contributed by atoms with Crippen molar-refractivity contribution in [1.82, 2.24) is 14.5 Å². The standard InChI is InChI=1S/C28H26N4O3S/c1-2-34-24-10-6-11-25-26(24)30-28(36-25)32(18-7-17-31-19-16-29-20-31)27(33)21-12-14-23(15-13-21)35-22-8-4-3-5-9-22/h3-6,8-16,19-20H,2,7,17-18H2,1H3. The molecule has 0 N–H and O–H groups in total. The highest BCUT2D eigenvalue weighted by Crippen LogP contribution is 2.35. The number of rotatable bonds is 10. The van der Waals surface area contributed by atoms with Crippen molar-refractivity contribution in [3.05, 3.63) is 97.1 Å². The minimum absolute atomic E-state index is 0.107. The summed E-state index contributed by atoms with van der Waals surface area (Å²) in [4.78, 5) is 24.4. The molecular weight excluding hydrogens is 472 g/mol. The van der Waals surface area contributed by atoms with Crippen LogP contribution < -0.4 is 14.4 Å². The van der Waals surface area contributed by atoms with E-state index in [1.807, 2.05) is 78.4 Å². The highest BCUT2D eigenvalue weighted by molar-refractivity contribution is 7.22. The van der Waals surface area contributed by atoms with E-state index < -0.39 is 0 Å². The van der Waals surface area contributed by atoms with Crippen molar-refractivity contribution in [3.8, 4) is 17.2 Å². The van der Waals surface area contributed by atoms with Crippen molar-refractivity contribution >= 4 is 32.6 Å². The summed E-state index contributed by atoms with van der Waals surface area (Å²) >= 11 is 1.49. The van der Waals surface area contributed by atoms with Gasteiger partial charge in [0.05, 0.1) is 17.6 Å². The molecule has 0 fully saturated rings. The Morgan fingerprint density at radius 2 is 1.81 bits per heavy atom. The normalized spacial score (nSPS) is 10.9. The zero-order chi connectivity index (χ0) is 24.7. The Balaban J connectivity index is 1.40. The number of hydrogen-bond donors (Lipinski definition) is 0. The smallest absolute Gasteiger partial charge is 0.260 e. The van der Waals surface area contributed by atoms with Gasteiger partial charge in [-0.15, -0.1) is 0 Å². The van der Waals surface area contributed by atoms with E-state index in [2.05, 4.69) is 4.98 Å². The van der Waals surface area contributed by atoms with Crippen LogP contribution in [0.3, 0.4) is 0 Å². The Morgan fingerprint density at radius 1 is 1.00 bits per heavy atom. The van der Waals surface area contributed by atoms with Gasteiger partial charge in [-0.2, -0.15) is 0 Å². The lowest BCUT2D eigenvalue weighted by molar-refractivity contribution is 0.0986. The number of aryl methyl sites for hydroxylation is 1. The van der Waals surface area contributed by atoms with Gasteiger partial charge in [-0.3, -0.25) is 9.69 Å². The molecule has 0 saturated carbocycles. The summed E-state index contributed by atoms with van der Waals surface area (Å²) in [6.45, 7) is 3.77. The average Bonchev–Trinajstić information content (AvgIpc) is 3.58. The molecule has 8 heteroatoms. The van der Waals surface area contributed by atoms with E-state index in [1.54, 1.807) is 29.6 Å². The van der Waals surface area contributed by atoms with Gasteiger partial charge in [0, 0.05) is 31.0 Å². The molecule has 0 aliphatic heterocycles. The van der Waals surface area contributed by atoms with E-state index in [0.29, 0.717) is 29.6 Å². The summed E-state index contributed by atoms with van der Waals surface area (Å²) in [7, 11) is 0. The molecule has 0 saturated heterocycles. The highest BCUT2D eigenvalue weighted by atomic mass is 32.1. The molecule has 0 bridgehead atoms. The number of fused-ring (bicyclic) bond motifs is 1. The van der Waals surface area contributed by atoms with E-state index in [1.165, 1.54) is 11.3 Å². The second-order valence-corrected chi connectivity index (χ2v) is 9.09. The maximum atomic E-state index is 13.7. The van der Waals surface area contributed by atoms with Crippen LogP contribution in [0.1, 0.15) is 23.7 Å². The van der Waals surface area contributed by atoms with Gasteiger partial charge in [-0.25, -0.2) is 9.97 Å². The van der Waals surface area contributed by atoms with Gasteiger partial charge in [0.2, 0.25) is 0 Å². The predicted molar refractivity (Wildman–Crippen MR) is 142 cm³/mol. The number of carbonyl (C=O) groups excluding carboxylic acids is 1. The van der Waals surface area contributed by atoms with Crippen molar-refractivity contribution in [2.75, 3.05) is 18.1 Å². The quantitative estimate of drug-likeness (QED) is 0.222. The molecule has 0 atom stereocenters. The van der Waals surface area contributed by atoms with Crippen molar-refractivity contribution in [2.24, 2.45) is 0 Å². The third-order valence-electron chi connectivity index (χ3n) is 5.58. The molecule has 2 heterocycles. The number of ether oxygens (including phenoxy) is 2. The number of amides is 1. The van der Waals surface area contributed by atoms with Gasteiger partial charge in [-0.1, -0.05) is 35.6 Å². The van der Waals surface area contributed by atoms with Crippen LogP contribution in [0.4, 0.5) is 5.13 Å². The maximum absolute atomic E-state index is 13.7. The lowest BCUT2D eigenvalue weighted by atomic mass is 10.2. The van der Waals surface area contributed by atoms with Crippen molar-refractivity contribution in [3.63, 3.8) is 0 Å². The monoisotopic (exact) mass is 498 g/mol. The number of hydrogen-bond acceptors (Lipinski definition) is 6. The summed E-state index contributed by atoms with van der Waals surface area (Å²) < 4.78 is 14.6. The van der Waals surface area contributed by atoms with Gasteiger partial charge in [-0.05, 0) is 61.9 Å². The van der Waals surface area contributed by atoms with Gasteiger partial charge < -0.3 is 14.0 Å². The molecule has 0 unspecified atom stereocenters. The Morgan fingerprint density at radius 3 is 2.56 bits per heavy atom. The van der Waals surface area contributed by atoms with Gasteiger partial charge in [0.15, 0.2) is 5.13 Å². The van der Waals surface area contributed by atoms with Crippen LogP contribution in [-0.2, 0) is 6.54 Å². The molecule has 3 aromatic carbocycles. The first-order valence-electron chi connectivity index (χ1n) is 11.8. The Bertz CT molecular complexity index is 1420. The van der Waals surface area contributed by atoms with E-state index in [-0.39, 0.29) is 5.91 Å². The Kier molecular flexibility index (Phi) is 7.23. The Labute approximate surface area is 213 Å². The van der Waals surface area contributed by atoms with E-state index in [9.17, 15) is 4.79 Å². The number of carbonyl (C=O) groups is 1. The molecule has 0 radical (unpaired) electrons. The van der Waals surface area contributed by atoms with Gasteiger partial charge in [0.1, 0.15) is 22.8 Å². The largest absolute Gasteiger partial charge is 0.492 e. The first-order valence-corrected chi connectivity index (χ1v) is 12.7. The number of thiazole rings is 1. The fourth-order valence-electron chi connectivity index (χ4n) is 3.86. The van der Waals surface area contributed by atoms with Crippen LogP contribution in [0.2, 0.25) is 0 Å². The summed E-state index contributed by atoms with van der Waals surface area (Å²) in [5.41, 5.74) is 1.35. The first-order chi connectivity index (χ1) is 17.7. The summed E-state index contributed by atoms with van der Waals surface area (Å²) in [5, 5.41) is 0.650. The number of imidazole rings is 1. The molecule has 5 rings (SSSR count). The molecule has 2 aromatic heterocycles. The average molecular weight is 499 g/mol. The van der Waals surface area contributed by atoms with Crippen LogP contribution in [0.25, 0.3) is 10.2 Å². The molecule has 7 nitrogen and oxygen atoms in total. The second kappa shape index (κ2) is 11.0. The van der Waals surface area contributed by atoms with Crippen LogP contribution in [0, 0.1) is 0 Å². The molecule has 182 valence electrons. The molecule has 1 amide bonds. The molecule has 0 spiro atoms. The molecule has 0 aliphatic carbocycles. The lowest BCUT2D eigenvalue weighted by Crippen LogP contribution is -2.32. The van der Waals surface area contributed by atoms with E-state index in [4.69, 9.17) is 14.5 Å². The third-order valence-corrected chi connectivity index (χ3v) is 6.63. The Hall–Kier alpha value is -4.17. The molecule has 36 heavy (non-hydrogen) atoms. The van der Waals surface area contributed by atoms with Crippen molar-refractivity contribution < 1.29 is 14.3 Å². The van der Waals surface area contributed by atoms with Crippen LogP contribution in [0.15, 0.2) is 91.5 Å². The number of benzene rings is 3. The topological polar surface area (TPSA) is 69.5 Å². The predicted octanol–water partition coefficient (Wildman–Crippen LogP) is 6.42. The van der Waals surface area contributed by atoms with Crippen LogP contribution >= 0.6 is 11.3 Å². The number of anilines is 1. The fraction of sp³-hybridized carbons (Fsp3) is 0.179. The zero-order valence-electron chi connectivity index (χ0n) is 19.9. The second-order valence-electron chi connectivity index (χ2n) is 8.08. The van der Waals surface area contributed by atoms with Crippen LogP contribution in [0.5, 0.6) is 17.2 Å². The third kappa shape index (κ3) is 5.39. The van der Waals surface area contributed by atoms with E-state index >= 15 is 0 Å². The zero-order valence-corrected chi connectivity index (χ0v) is 20.7. The van der Waals surface area contributed by atoms with Crippen LogP contribution in [-0.4, -0.2) is 33.6 Å². The summed E-state index contributed by atoms with van der Waals surface area (Å²) in [5.74, 6) is 2.04. The lowest BCUT2D eigenvalue weighted by Gasteiger charge is -2.20. The molecule has 0 aliphatic rings. The van der Waals surface area contributed by atoms with Gasteiger partial charge >= 0.3 is 0 Å². The first kappa shape index (κ1) is 23.6. The number of para-hydroxylation sites is 2. The van der Waals surface area contributed by atoms with Crippen molar-refractivity contribution in [2.45, 2.75) is 19.9 Å². The molecular formula is C28H26N4O3S. The van der Waals surface area contributed by atoms with E-state index in [0.717, 1.165) is 34.7 Å². The van der Waals surface area contributed by atoms with Crippen molar-refractivity contribution in [1.29, 1.82) is 0 Å². The number of aromatic nitrogens is 3. The summed E-state index contributed by atoms with van der Waals surface area (Å²) in [6.07, 6.45) is 6.21. The minimum atomic E-state index is -0.107. The molecule has 5 aromatic rings. The highest BCUT2D eigenvalue weighted by Gasteiger charge is 2.22.